The van der Waals surface area contributed by atoms with E-state index in [0.29, 0.717) is 11.5 Å². The van der Waals surface area contributed by atoms with Crippen LogP contribution in [-0.4, -0.2) is 40.4 Å². The van der Waals surface area contributed by atoms with Crippen LogP contribution in [0.1, 0.15) is 50.5 Å². The third-order valence-electron chi connectivity index (χ3n) is 3.22. The first-order valence-corrected chi connectivity index (χ1v) is 6.97. The van der Waals surface area contributed by atoms with Crippen molar-refractivity contribution in [2.45, 2.75) is 46.1 Å². The smallest absolute Gasteiger partial charge is 0.274 e. The lowest BCUT2D eigenvalue weighted by molar-refractivity contribution is 0.0717. The predicted molar refractivity (Wildman–Crippen MR) is 77.3 cm³/mol. The number of hydrogen-bond donors (Lipinski definition) is 1. The zero-order valence-corrected chi connectivity index (χ0v) is 12.3. The lowest BCUT2D eigenvalue weighted by Gasteiger charge is -2.25. The van der Waals surface area contributed by atoms with E-state index < -0.39 is 0 Å². The average molecular weight is 264 g/mol. The van der Waals surface area contributed by atoms with Crippen LogP contribution in [0, 0.1) is 0 Å². The van der Waals surface area contributed by atoms with Gasteiger partial charge in [0.2, 0.25) is 0 Å². The summed E-state index contributed by atoms with van der Waals surface area (Å²) in [5.41, 5.74) is 0.399. The molecule has 0 atom stereocenters. The molecule has 5 nitrogen and oxygen atoms in total. The molecule has 1 rings (SSSR count). The Hall–Kier alpha value is -1.65. The van der Waals surface area contributed by atoms with Crippen LogP contribution in [-0.2, 0) is 0 Å². The van der Waals surface area contributed by atoms with E-state index in [1.807, 2.05) is 7.05 Å². The molecule has 19 heavy (non-hydrogen) atoms. The first-order valence-electron chi connectivity index (χ1n) is 6.97. The number of amides is 1. The third kappa shape index (κ3) is 4.19. The van der Waals surface area contributed by atoms with Crippen molar-refractivity contribution in [3.63, 3.8) is 0 Å². The predicted octanol–water partition coefficient (Wildman–Crippen LogP) is 2.56. The van der Waals surface area contributed by atoms with Crippen LogP contribution >= 0.6 is 0 Å². The molecule has 0 bridgehead atoms. The second kappa shape index (κ2) is 7.71. The molecular weight excluding hydrogens is 240 g/mol. The maximum Gasteiger partial charge on any atom is 0.274 e. The van der Waals surface area contributed by atoms with Gasteiger partial charge in [-0.1, -0.05) is 20.8 Å². The Labute approximate surface area is 115 Å². The molecule has 0 unspecified atom stereocenters. The highest BCUT2D eigenvalue weighted by atomic mass is 16.2. The largest absolute Gasteiger partial charge is 0.369 e. The number of hydrogen-bond acceptors (Lipinski definition) is 4. The van der Waals surface area contributed by atoms with E-state index in [1.165, 1.54) is 6.20 Å². The fraction of sp³-hybridized carbons (Fsp3) is 0.643. The van der Waals surface area contributed by atoms with E-state index in [1.54, 1.807) is 11.1 Å². The SMILES string of the molecule is CCCNc1cncc(C(=O)N(C)C(CC)CC)n1. The molecule has 0 aliphatic rings. The lowest BCUT2D eigenvalue weighted by atomic mass is 10.1. The van der Waals surface area contributed by atoms with Gasteiger partial charge in [0.05, 0.1) is 12.4 Å². The van der Waals surface area contributed by atoms with Gasteiger partial charge in [0, 0.05) is 19.6 Å². The molecule has 0 fully saturated rings. The van der Waals surface area contributed by atoms with Gasteiger partial charge in [-0.3, -0.25) is 9.78 Å². The quantitative estimate of drug-likeness (QED) is 0.822. The van der Waals surface area contributed by atoms with Crippen molar-refractivity contribution in [1.82, 2.24) is 14.9 Å². The van der Waals surface area contributed by atoms with Gasteiger partial charge < -0.3 is 10.2 Å². The molecule has 1 N–H and O–H groups in total. The molecule has 0 aliphatic carbocycles. The molecule has 0 radical (unpaired) electrons. The summed E-state index contributed by atoms with van der Waals surface area (Å²) in [7, 11) is 1.83. The van der Waals surface area contributed by atoms with Crippen molar-refractivity contribution >= 4 is 11.7 Å². The standard InChI is InChI=1S/C14H24N4O/c1-5-8-16-13-10-15-9-12(17-13)14(19)18(4)11(6-2)7-3/h9-11H,5-8H2,1-4H3,(H,16,17). The summed E-state index contributed by atoms with van der Waals surface area (Å²) in [6.45, 7) is 7.08. The summed E-state index contributed by atoms with van der Waals surface area (Å²) in [4.78, 5) is 22.5. The van der Waals surface area contributed by atoms with E-state index in [4.69, 9.17) is 0 Å². The van der Waals surface area contributed by atoms with Crippen molar-refractivity contribution in [3.8, 4) is 0 Å². The summed E-state index contributed by atoms with van der Waals surface area (Å²) in [6, 6.07) is 0.251. The zero-order chi connectivity index (χ0) is 14.3. The first kappa shape index (κ1) is 15.4. The third-order valence-corrected chi connectivity index (χ3v) is 3.22. The zero-order valence-electron chi connectivity index (χ0n) is 12.3. The number of aromatic nitrogens is 2. The average Bonchev–Trinajstić information content (AvgIpc) is 2.45. The van der Waals surface area contributed by atoms with E-state index in [0.717, 1.165) is 25.8 Å². The number of nitrogens with zero attached hydrogens (tertiary/aromatic N) is 3. The number of rotatable bonds is 7. The lowest BCUT2D eigenvalue weighted by Crippen LogP contribution is -2.36. The van der Waals surface area contributed by atoms with Crippen molar-refractivity contribution in [1.29, 1.82) is 0 Å². The Bertz CT molecular complexity index is 404. The van der Waals surface area contributed by atoms with Crippen molar-refractivity contribution in [2.75, 3.05) is 18.9 Å². The van der Waals surface area contributed by atoms with E-state index in [9.17, 15) is 4.79 Å². The van der Waals surface area contributed by atoms with Gasteiger partial charge in [-0.2, -0.15) is 0 Å². The van der Waals surface area contributed by atoms with Crippen LogP contribution in [0.4, 0.5) is 5.82 Å². The molecule has 106 valence electrons. The molecule has 1 aromatic heterocycles. The highest BCUT2D eigenvalue weighted by Crippen LogP contribution is 2.11. The minimum Gasteiger partial charge on any atom is -0.369 e. The van der Waals surface area contributed by atoms with Crippen molar-refractivity contribution < 1.29 is 4.79 Å². The Morgan fingerprint density at radius 3 is 2.58 bits per heavy atom. The first-order chi connectivity index (χ1) is 9.13. The highest BCUT2D eigenvalue weighted by Gasteiger charge is 2.19. The summed E-state index contributed by atoms with van der Waals surface area (Å²) in [6.07, 6.45) is 6.06. The molecule has 0 aliphatic heterocycles. The Balaban J connectivity index is 2.81. The van der Waals surface area contributed by atoms with Crippen LogP contribution < -0.4 is 5.32 Å². The molecule has 1 amide bonds. The molecule has 0 aromatic carbocycles. The molecule has 1 aromatic rings. The van der Waals surface area contributed by atoms with Gasteiger partial charge >= 0.3 is 0 Å². The number of anilines is 1. The Morgan fingerprint density at radius 1 is 1.32 bits per heavy atom. The van der Waals surface area contributed by atoms with Crippen LogP contribution in [0.3, 0.4) is 0 Å². The Morgan fingerprint density at radius 2 is 2.00 bits per heavy atom. The second-order valence-electron chi connectivity index (χ2n) is 4.60. The molecule has 0 spiro atoms. The van der Waals surface area contributed by atoms with Gasteiger partial charge in [-0.15, -0.1) is 0 Å². The van der Waals surface area contributed by atoms with Crippen LogP contribution in [0.25, 0.3) is 0 Å². The van der Waals surface area contributed by atoms with Gasteiger partial charge in [0.25, 0.3) is 5.91 Å². The van der Waals surface area contributed by atoms with Crippen LogP contribution in [0.5, 0.6) is 0 Å². The van der Waals surface area contributed by atoms with Crippen LogP contribution in [0.2, 0.25) is 0 Å². The van der Waals surface area contributed by atoms with Gasteiger partial charge in [-0.25, -0.2) is 4.98 Å². The molecule has 0 saturated carbocycles. The minimum atomic E-state index is -0.0682. The fourth-order valence-electron chi connectivity index (χ4n) is 1.99. The second-order valence-corrected chi connectivity index (χ2v) is 4.60. The van der Waals surface area contributed by atoms with Crippen LogP contribution in [0.15, 0.2) is 12.4 Å². The Kier molecular flexibility index (Phi) is 6.25. The maximum atomic E-state index is 12.3. The number of carbonyl (C=O) groups is 1. The summed E-state index contributed by atoms with van der Waals surface area (Å²) in [5, 5.41) is 3.14. The summed E-state index contributed by atoms with van der Waals surface area (Å²) < 4.78 is 0. The molecule has 1 heterocycles. The van der Waals surface area contributed by atoms with Gasteiger partial charge in [0.1, 0.15) is 11.5 Å². The van der Waals surface area contributed by atoms with E-state index >= 15 is 0 Å². The fourth-order valence-corrected chi connectivity index (χ4v) is 1.99. The van der Waals surface area contributed by atoms with E-state index in [2.05, 4.69) is 36.1 Å². The van der Waals surface area contributed by atoms with Gasteiger partial charge in [0.15, 0.2) is 0 Å². The van der Waals surface area contributed by atoms with E-state index in [-0.39, 0.29) is 11.9 Å². The number of nitrogens with one attached hydrogen (secondary N) is 1. The molecule has 0 saturated heterocycles. The summed E-state index contributed by atoms with van der Waals surface area (Å²) >= 11 is 0. The molecule has 5 heteroatoms. The van der Waals surface area contributed by atoms with Crippen molar-refractivity contribution in [3.05, 3.63) is 18.1 Å². The monoisotopic (exact) mass is 264 g/mol. The topological polar surface area (TPSA) is 58.1 Å². The minimum absolute atomic E-state index is 0.0682. The maximum absolute atomic E-state index is 12.3. The summed E-state index contributed by atoms with van der Waals surface area (Å²) in [5.74, 6) is 0.590. The highest BCUT2D eigenvalue weighted by molar-refractivity contribution is 5.92. The van der Waals surface area contributed by atoms with Gasteiger partial charge in [-0.05, 0) is 19.3 Å². The van der Waals surface area contributed by atoms with Crippen molar-refractivity contribution in [2.24, 2.45) is 0 Å². The number of carbonyl (C=O) groups excluding carboxylic acids is 1. The normalized spacial score (nSPS) is 10.6. The molecular formula is C14H24N4O.